The van der Waals surface area contributed by atoms with Crippen LogP contribution < -0.4 is 10.1 Å². The van der Waals surface area contributed by atoms with Gasteiger partial charge in [0, 0.05) is 29.1 Å². The van der Waals surface area contributed by atoms with Crippen molar-refractivity contribution in [1.29, 1.82) is 0 Å². The first-order valence-electron chi connectivity index (χ1n) is 6.94. The van der Waals surface area contributed by atoms with Crippen molar-refractivity contribution in [2.24, 2.45) is 0 Å². The molecule has 2 N–H and O–H groups in total. The Morgan fingerprint density at radius 2 is 2.10 bits per heavy atom. The van der Waals surface area contributed by atoms with E-state index in [1.807, 2.05) is 24.3 Å². The highest BCUT2D eigenvalue weighted by atomic mass is 16.5. The Bertz CT molecular complexity index is 586. The number of fused-ring (bicyclic) bond motifs is 1. The maximum absolute atomic E-state index is 9.23. The van der Waals surface area contributed by atoms with Crippen molar-refractivity contribution in [3.63, 3.8) is 0 Å². The first-order valence-corrected chi connectivity index (χ1v) is 6.94. The van der Waals surface area contributed by atoms with E-state index in [-0.39, 0.29) is 12.1 Å². The summed E-state index contributed by atoms with van der Waals surface area (Å²) in [5.41, 5.74) is -0.168. The second-order valence-electron chi connectivity index (χ2n) is 5.23. The minimum absolute atomic E-state index is 0.158. The highest BCUT2D eigenvalue weighted by molar-refractivity contribution is 5.96. The van der Waals surface area contributed by atoms with Gasteiger partial charge in [-0.3, -0.25) is 0 Å². The lowest BCUT2D eigenvalue weighted by Crippen LogP contribution is -2.35. The van der Waals surface area contributed by atoms with Crippen LogP contribution in [0.5, 0.6) is 5.75 Å². The summed E-state index contributed by atoms with van der Waals surface area (Å²) in [5, 5.41) is 14.8. The van der Waals surface area contributed by atoms with Crippen molar-refractivity contribution in [3.05, 3.63) is 30.5 Å². The Hall–Kier alpha value is -1.81. The second-order valence-corrected chi connectivity index (χ2v) is 5.23. The lowest BCUT2D eigenvalue weighted by molar-refractivity contribution is 0.252. The van der Waals surface area contributed by atoms with Crippen LogP contribution in [0.3, 0.4) is 0 Å². The number of rotatable bonds is 6. The molecule has 0 fully saturated rings. The van der Waals surface area contributed by atoms with E-state index in [0.717, 1.165) is 28.8 Å². The van der Waals surface area contributed by atoms with Crippen molar-refractivity contribution in [1.82, 2.24) is 4.98 Å². The maximum Gasteiger partial charge on any atom is 0.134 e. The number of aliphatic hydroxyl groups excluding tert-OH is 1. The number of nitrogens with one attached hydrogen (secondary N) is 1. The smallest absolute Gasteiger partial charge is 0.134 e. The standard InChI is InChI=1S/C16H22N2O2/c1-4-16(2,9-11-19)18-15-13-6-5-7-14(20-3)12(13)8-10-17-15/h5-8,10,19H,4,9,11H2,1-3H3,(H,17,18). The number of hydrogen-bond donors (Lipinski definition) is 2. The molecule has 2 rings (SSSR count). The number of aromatic nitrogens is 1. The van der Waals surface area contributed by atoms with Gasteiger partial charge in [0.25, 0.3) is 0 Å². The van der Waals surface area contributed by atoms with Gasteiger partial charge in [0.05, 0.1) is 7.11 Å². The van der Waals surface area contributed by atoms with Crippen molar-refractivity contribution in [2.75, 3.05) is 19.0 Å². The lowest BCUT2D eigenvalue weighted by atomic mass is 9.94. The van der Waals surface area contributed by atoms with Gasteiger partial charge >= 0.3 is 0 Å². The molecule has 4 heteroatoms. The zero-order valence-corrected chi connectivity index (χ0v) is 12.3. The van der Waals surface area contributed by atoms with E-state index in [1.54, 1.807) is 13.3 Å². The topological polar surface area (TPSA) is 54.4 Å². The predicted molar refractivity (Wildman–Crippen MR) is 82.3 cm³/mol. The van der Waals surface area contributed by atoms with Gasteiger partial charge < -0.3 is 15.2 Å². The fourth-order valence-corrected chi connectivity index (χ4v) is 2.32. The fraction of sp³-hybridized carbons (Fsp3) is 0.438. The molecular formula is C16H22N2O2. The number of hydrogen-bond acceptors (Lipinski definition) is 4. The van der Waals surface area contributed by atoms with Crippen LogP contribution in [0.2, 0.25) is 0 Å². The van der Waals surface area contributed by atoms with E-state index < -0.39 is 0 Å². The third-order valence-electron chi connectivity index (χ3n) is 3.85. The molecule has 20 heavy (non-hydrogen) atoms. The number of anilines is 1. The summed E-state index contributed by atoms with van der Waals surface area (Å²) >= 11 is 0. The fourth-order valence-electron chi connectivity index (χ4n) is 2.32. The molecule has 0 radical (unpaired) electrons. The number of nitrogens with zero attached hydrogens (tertiary/aromatic N) is 1. The molecule has 0 aliphatic carbocycles. The molecule has 1 aromatic heterocycles. The average molecular weight is 274 g/mol. The SMILES string of the molecule is CCC(C)(CCO)Nc1nccc2c(OC)cccc12. The normalized spacial score (nSPS) is 14.0. The first-order chi connectivity index (χ1) is 9.63. The van der Waals surface area contributed by atoms with Gasteiger partial charge in [0.1, 0.15) is 11.6 Å². The van der Waals surface area contributed by atoms with Gasteiger partial charge in [0.2, 0.25) is 0 Å². The summed E-state index contributed by atoms with van der Waals surface area (Å²) < 4.78 is 5.39. The Kier molecular flexibility index (Phi) is 4.45. The summed E-state index contributed by atoms with van der Waals surface area (Å²) in [6.07, 6.45) is 3.38. The number of aliphatic hydroxyl groups is 1. The van der Waals surface area contributed by atoms with E-state index in [0.29, 0.717) is 6.42 Å². The van der Waals surface area contributed by atoms with Gasteiger partial charge in [-0.2, -0.15) is 0 Å². The summed E-state index contributed by atoms with van der Waals surface area (Å²) in [4.78, 5) is 4.45. The molecule has 1 aromatic carbocycles. The Balaban J connectivity index is 2.45. The van der Waals surface area contributed by atoms with Gasteiger partial charge in [0.15, 0.2) is 0 Å². The van der Waals surface area contributed by atoms with E-state index in [9.17, 15) is 5.11 Å². The van der Waals surface area contributed by atoms with Gasteiger partial charge in [-0.25, -0.2) is 4.98 Å². The summed E-state index contributed by atoms with van der Waals surface area (Å²) in [5.74, 6) is 1.67. The lowest BCUT2D eigenvalue weighted by Gasteiger charge is -2.30. The number of methoxy groups -OCH3 is 1. The zero-order valence-electron chi connectivity index (χ0n) is 12.3. The third-order valence-corrected chi connectivity index (χ3v) is 3.85. The molecule has 0 saturated heterocycles. The van der Waals surface area contributed by atoms with Gasteiger partial charge in [-0.1, -0.05) is 19.1 Å². The van der Waals surface area contributed by atoms with Crippen molar-refractivity contribution in [3.8, 4) is 5.75 Å². The third kappa shape index (κ3) is 2.85. The highest BCUT2D eigenvalue weighted by Gasteiger charge is 2.22. The molecule has 0 aliphatic heterocycles. The average Bonchev–Trinajstić information content (AvgIpc) is 2.47. The Morgan fingerprint density at radius 1 is 1.30 bits per heavy atom. The van der Waals surface area contributed by atoms with Crippen molar-refractivity contribution >= 4 is 16.6 Å². The molecular weight excluding hydrogens is 252 g/mol. The second kappa shape index (κ2) is 6.09. The van der Waals surface area contributed by atoms with Crippen LogP contribution >= 0.6 is 0 Å². The molecule has 4 nitrogen and oxygen atoms in total. The van der Waals surface area contributed by atoms with Crippen LogP contribution in [0.1, 0.15) is 26.7 Å². The molecule has 1 unspecified atom stereocenters. The molecule has 0 amide bonds. The summed E-state index contributed by atoms with van der Waals surface area (Å²) in [7, 11) is 1.67. The molecule has 0 saturated carbocycles. The zero-order chi connectivity index (χ0) is 14.6. The maximum atomic E-state index is 9.23. The molecule has 0 aliphatic rings. The molecule has 1 atom stereocenters. The van der Waals surface area contributed by atoms with Crippen LogP contribution in [0.25, 0.3) is 10.8 Å². The first kappa shape index (κ1) is 14.6. The van der Waals surface area contributed by atoms with E-state index in [1.165, 1.54) is 0 Å². The Labute approximate surface area is 119 Å². The molecule has 108 valence electrons. The van der Waals surface area contributed by atoms with Crippen LogP contribution in [0.15, 0.2) is 30.5 Å². The number of benzene rings is 1. The minimum atomic E-state index is -0.168. The van der Waals surface area contributed by atoms with Crippen molar-refractivity contribution in [2.45, 2.75) is 32.2 Å². The molecule has 1 heterocycles. The largest absolute Gasteiger partial charge is 0.496 e. The van der Waals surface area contributed by atoms with Crippen molar-refractivity contribution < 1.29 is 9.84 Å². The molecule has 0 bridgehead atoms. The number of pyridine rings is 1. The monoisotopic (exact) mass is 274 g/mol. The molecule has 2 aromatic rings. The van der Waals surface area contributed by atoms with Gasteiger partial charge in [-0.15, -0.1) is 0 Å². The predicted octanol–water partition coefficient (Wildman–Crippen LogP) is 3.21. The van der Waals surface area contributed by atoms with Crippen LogP contribution in [-0.4, -0.2) is 29.3 Å². The van der Waals surface area contributed by atoms with Gasteiger partial charge in [-0.05, 0) is 31.9 Å². The van der Waals surface area contributed by atoms with Crippen LogP contribution in [0, 0.1) is 0 Å². The summed E-state index contributed by atoms with van der Waals surface area (Å²) in [6.45, 7) is 4.36. The van der Waals surface area contributed by atoms with E-state index >= 15 is 0 Å². The Morgan fingerprint density at radius 3 is 2.75 bits per heavy atom. The number of ether oxygens (including phenoxy) is 1. The molecule has 0 spiro atoms. The van der Waals surface area contributed by atoms with E-state index in [4.69, 9.17) is 4.74 Å². The van der Waals surface area contributed by atoms with Crippen LogP contribution in [-0.2, 0) is 0 Å². The quantitative estimate of drug-likeness (QED) is 0.849. The minimum Gasteiger partial charge on any atom is -0.496 e. The highest BCUT2D eigenvalue weighted by Crippen LogP contribution is 2.31. The van der Waals surface area contributed by atoms with E-state index in [2.05, 4.69) is 24.1 Å². The summed E-state index contributed by atoms with van der Waals surface area (Å²) in [6, 6.07) is 7.89. The van der Waals surface area contributed by atoms with Crippen LogP contribution in [0.4, 0.5) is 5.82 Å².